The molecule has 0 unspecified atom stereocenters. The van der Waals surface area contributed by atoms with E-state index in [1.807, 2.05) is 13.8 Å². The zero-order valence-corrected chi connectivity index (χ0v) is 13.7. The normalized spacial score (nSPS) is 14.9. The first-order chi connectivity index (χ1) is 11.0. The smallest absolute Gasteiger partial charge is 0.276 e. The summed E-state index contributed by atoms with van der Waals surface area (Å²) in [6, 6.07) is 1.59. The fourth-order valence-electron chi connectivity index (χ4n) is 2.31. The van der Waals surface area contributed by atoms with Crippen LogP contribution in [0.5, 0.6) is 0 Å². The number of carbonyl (C=O) groups excluding carboxylic acids is 2. The van der Waals surface area contributed by atoms with Crippen LogP contribution in [0.4, 0.5) is 0 Å². The van der Waals surface area contributed by atoms with Crippen LogP contribution in [0.1, 0.15) is 30.1 Å². The van der Waals surface area contributed by atoms with Crippen LogP contribution in [0.25, 0.3) is 0 Å². The van der Waals surface area contributed by atoms with Crippen LogP contribution in [0.15, 0.2) is 10.6 Å². The molecule has 0 aliphatic carbocycles. The highest BCUT2D eigenvalue weighted by atomic mass is 16.7. The maximum atomic E-state index is 12.1. The van der Waals surface area contributed by atoms with Crippen molar-refractivity contribution in [3.05, 3.63) is 17.5 Å². The SMILES string of the molecule is CCOC(CNC(=O)C1CN(C(=O)c2cc(C)on2)C1)OCC. The molecule has 1 fully saturated rings. The van der Waals surface area contributed by atoms with Crippen LogP contribution in [0.2, 0.25) is 0 Å². The Morgan fingerprint density at radius 2 is 2.04 bits per heavy atom. The molecule has 1 N–H and O–H groups in total. The molecule has 0 aromatic carbocycles. The van der Waals surface area contributed by atoms with E-state index >= 15 is 0 Å². The van der Waals surface area contributed by atoms with E-state index < -0.39 is 6.29 Å². The summed E-state index contributed by atoms with van der Waals surface area (Å²) in [5.41, 5.74) is 0.272. The largest absolute Gasteiger partial charge is 0.361 e. The average molecular weight is 325 g/mol. The van der Waals surface area contributed by atoms with Gasteiger partial charge in [-0.15, -0.1) is 0 Å². The molecule has 2 rings (SSSR count). The van der Waals surface area contributed by atoms with Crippen molar-refractivity contribution in [2.24, 2.45) is 5.92 Å². The zero-order chi connectivity index (χ0) is 16.8. The van der Waals surface area contributed by atoms with Crippen molar-refractivity contribution in [3.8, 4) is 0 Å². The number of hydrogen-bond donors (Lipinski definition) is 1. The Labute approximate surface area is 135 Å². The Morgan fingerprint density at radius 1 is 1.39 bits per heavy atom. The maximum Gasteiger partial charge on any atom is 0.276 e. The Balaban J connectivity index is 1.73. The first-order valence-electron chi connectivity index (χ1n) is 7.78. The Hall–Kier alpha value is -1.93. The van der Waals surface area contributed by atoms with Crippen LogP contribution in [0.3, 0.4) is 0 Å². The van der Waals surface area contributed by atoms with Crippen molar-refractivity contribution in [2.75, 3.05) is 32.8 Å². The molecule has 1 aromatic heterocycles. The number of nitrogens with one attached hydrogen (secondary N) is 1. The predicted molar refractivity (Wildman–Crippen MR) is 80.7 cm³/mol. The number of aryl methyl sites for hydroxylation is 1. The summed E-state index contributed by atoms with van der Waals surface area (Å²) in [4.78, 5) is 25.7. The lowest BCUT2D eigenvalue weighted by atomic mass is 9.98. The van der Waals surface area contributed by atoms with Gasteiger partial charge in [0.05, 0.1) is 12.5 Å². The fourth-order valence-corrected chi connectivity index (χ4v) is 2.31. The molecule has 1 aliphatic rings. The summed E-state index contributed by atoms with van der Waals surface area (Å²) in [6.07, 6.45) is -0.440. The van der Waals surface area contributed by atoms with Gasteiger partial charge in [-0.2, -0.15) is 0 Å². The van der Waals surface area contributed by atoms with Crippen molar-refractivity contribution in [1.82, 2.24) is 15.4 Å². The molecule has 2 heterocycles. The number of rotatable bonds is 8. The van der Waals surface area contributed by atoms with Gasteiger partial charge >= 0.3 is 0 Å². The summed E-state index contributed by atoms with van der Waals surface area (Å²) in [5.74, 6) is 0.0547. The molecule has 0 bridgehead atoms. The standard InChI is InChI=1S/C15H23N3O5/c1-4-21-13(22-5-2)7-16-14(19)11-8-18(9-11)15(20)12-6-10(3)23-17-12/h6,11,13H,4-5,7-9H2,1-3H3,(H,16,19). The molecule has 8 heteroatoms. The molecule has 128 valence electrons. The molecular formula is C15H23N3O5. The van der Waals surface area contributed by atoms with E-state index in [2.05, 4.69) is 10.5 Å². The first-order valence-corrected chi connectivity index (χ1v) is 7.78. The quantitative estimate of drug-likeness (QED) is 0.702. The van der Waals surface area contributed by atoms with E-state index in [9.17, 15) is 9.59 Å². The van der Waals surface area contributed by atoms with Crippen LogP contribution in [-0.2, 0) is 14.3 Å². The minimum atomic E-state index is -0.440. The van der Waals surface area contributed by atoms with E-state index in [1.165, 1.54) is 0 Å². The summed E-state index contributed by atoms with van der Waals surface area (Å²) >= 11 is 0. The molecule has 0 saturated carbocycles. The van der Waals surface area contributed by atoms with E-state index in [0.29, 0.717) is 38.6 Å². The lowest BCUT2D eigenvalue weighted by Crippen LogP contribution is -2.56. The van der Waals surface area contributed by atoms with Crippen LogP contribution in [-0.4, -0.2) is 61.0 Å². The number of nitrogens with zero attached hydrogens (tertiary/aromatic N) is 2. The fraction of sp³-hybridized carbons (Fsp3) is 0.667. The van der Waals surface area contributed by atoms with Crippen LogP contribution in [0, 0.1) is 12.8 Å². The summed E-state index contributed by atoms with van der Waals surface area (Å²) < 4.78 is 15.6. The number of aromatic nitrogens is 1. The molecule has 1 aromatic rings. The second-order valence-electron chi connectivity index (χ2n) is 5.32. The lowest BCUT2D eigenvalue weighted by Gasteiger charge is -2.37. The highest BCUT2D eigenvalue weighted by Gasteiger charge is 2.37. The number of ether oxygens (including phenoxy) is 2. The van der Waals surface area contributed by atoms with Gasteiger partial charge in [-0.3, -0.25) is 9.59 Å². The van der Waals surface area contributed by atoms with Crippen molar-refractivity contribution in [2.45, 2.75) is 27.1 Å². The molecule has 8 nitrogen and oxygen atoms in total. The number of amides is 2. The van der Waals surface area contributed by atoms with E-state index in [4.69, 9.17) is 14.0 Å². The van der Waals surface area contributed by atoms with E-state index in [-0.39, 0.29) is 23.4 Å². The zero-order valence-electron chi connectivity index (χ0n) is 13.7. The molecule has 1 aliphatic heterocycles. The van der Waals surface area contributed by atoms with Gasteiger partial charge in [-0.1, -0.05) is 5.16 Å². The van der Waals surface area contributed by atoms with Gasteiger partial charge in [-0.05, 0) is 20.8 Å². The number of carbonyl (C=O) groups is 2. The van der Waals surface area contributed by atoms with Gasteiger partial charge in [0.2, 0.25) is 5.91 Å². The van der Waals surface area contributed by atoms with E-state index in [0.717, 1.165) is 0 Å². The van der Waals surface area contributed by atoms with Crippen molar-refractivity contribution < 1.29 is 23.6 Å². The minimum Gasteiger partial charge on any atom is -0.361 e. The van der Waals surface area contributed by atoms with Gasteiger partial charge in [0, 0.05) is 32.4 Å². The number of likely N-dealkylation sites (tertiary alicyclic amines) is 1. The maximum absolute atomic E-state index is 12.1. The average Bonchev–Trinajstić information content (AvgIpc) is 2.90. The molecule has 0 spiro atoms. The van der Waals surface area contributed by atoms with Crippen molar-refractivity contribution >= 4 is 11.8 Å². The van der Waals surface area contributed by atoms with Crippen molar-refractivity contribution in [3.63, 3.8) is 0 Å². The Bertz CT molecular complexity index is 533. The molecule has 23 heavy (non-hydrogen) atoms. The first kappa shape index (κ1) is 17.4. The minimum absolute atomic E-state index is 0.102. The third-order valence-electron chi connectivity index (χ3n) is 3.53. The van der Waals surface area contributed by atoms with Gasteiger partial charge < -0.3 is 24.2 Å². The van der Waals surface area contributed by atoms with Gasteiger partial charge in [0.25, 0.3) is 5.91 Å². The third kappa shape index (κ3) is 4.52. The highest BCUT2D eigenvalue weighted by molar-refractivity contribution is 5.94. The molecule has 0 atom stereocenters. The summed E-state index contributed by atoms with van der Waals surface area (Å²) in [5, 5.41) is 6.49. The summed E-state index contributed by atoms with van der Waals surface area (Å²) in [6.45, 7) is 7.56. The highest BCUT2D eigenvalue weighted by Crippen LogP contribution is 2.18. The number of hydrogen-bond acceptors (Lipinski definition) is 6. The monoisotopic (exact) mass is 325 g/mol. The van der Waals surface area contributed by atoms with Crippen molar-refractivity contribution in [1.29, 1.82) is 0 Å². The topological polar surface area (TPSA) is 93.9 Å². The predicted octanol–water partition coefficient (Wildman–Crippen LogP) is 0.570. The second kappa shape index (κ2) is 8.07. The molecule has 1 saturated heterocycles. The van der Waals surface area contributed by atoms with Crippen LogP contribution < -0.4 is 5.32 Å². The van der Waals surface area contributed by atoms with Crippen LogP contribution >= 0.6 is 0 Å². The van der Waals surface area contributed by atoms with Gasteiger partial charge in [0.15, 0.2) is 12.0 Å². The van der Waals surface area contributed by atoms with Gasteiger partial charge in [0.1, 0.15) is 5.76 Å². The molecule has 0 radical (unpaired) electrons. The third-order valence-corrected chi connectivity index (χ3v) is 3.53. The summed E-state index contributed by atoms with van der Waals surface area (Å²) in [7, 11) is 0. The van der Waals surface area contributed by atoms with Gasteiger partial charge in [-0.25, -0.2) is 0 Å². The second-order valence-corrected chi connectivity index (χ2v) is 5.32. The molecule has 2 amide bonds. The Kier molecular flexibility index (Phi) is 6.12. The Morgan fingerprint density at radius 3 is 2.57 bits per heavy atom. The molecular weight excluding hydrogens is 302 g/mol. The van der Waals surface area contributed by atoms with E-state index in [1.54, 1.807) is 17.9 Å². The lowest BCUT2D eigenvalue weighted by molar-refractivity contribution is -0.144.